The first kappa shape index (κ1) is 10.9. The molecule has 0 aliphatic rings. The second kappa shape index (κ2) is 4.52. The third-order valence-corrected chi connectivity index (χ3v) is 3.31. The molecule has 0 fully saturated rings. The molecule has 0 spiro atoms. The zero-order valence-electron chi connectivity index (χ0n) is 7.82. The first-order chi connectivity index (χ1) is 7.15. The van der Waals surface area contributed by atoms with E-state index in [4.69, 9.17) is 5.73 Å². The van der Waals surface area contributed by atoms with Gasteiger partial charge in [-0.15, -0.1) is 0 Å². The minimum Gasteiger partial charge on any atom is -0.399 e. The quantitative estimate of drug-likeness (QED) is 0.646. The van der Waals surface area contributed by atoms with Crippen molar-refractivity contribution in [2.75, 3.05) is 5.73 Å². The topological polar surface area (TPSA) is 43.8 Å². The average Bonchev–Trinajstić information content (AvgIpc) is 2.56. The third-order valence-electron chi connectivity index (χ3n) is 2.01. The van der Waals surface area contributed by atoms with Crippen LogP contribution in [0.3, 0.4) is 0 Å². The molecule has 0 saturated carbocycles. The van der Waals surface area contributed by atoms with Gasteiger partial charge in [0.05, 0.1) is 16.3 Å². The van der Waals surface area contributed by atoms with Crippen LogP contribution < -0.4 is 5.73 Å². The Balaban J connectivity index is 2.24. The number of rotatable bonds is 2. The van der Waals surface area contributed by atoms with Crippen LogP contribution in [0.5, 0.6) is 0 Å². The molecule has 0 aliphatic heterocycles. The minimum atomic E-state index is 0.754. The minimum absolute atomic E-state index is 0.754. The number of anilines is 1. The van der Waals surface area contributed by atoms with Gasteiger partial charge < -0.3 is 5.73 Å². The van der Waals surface area contributed by atoms with Gasteiger partial charge in [0.1, 0.15) is 0 Å². The molecule has 1 aromatic heterocycles. The fourth-order valence-corrected chi connectivity index (χ4v) is 2.26. The molecule has 5 heteroatoms. The van der Waals surface area contributed by atoms with Gasteiger partial charge in [0.15, 0.2) is 0 Å². The molecule has 2 N–H and O–H groups in total. The fourth-order valence-electron chi connectivity index (χ4n) is 1.29. The van der Waals surface area contributed by atoms with Crippen molar-refractivity contribution < 1.29 is 0 Å². The van der Waals surface area contributed by atoms with Gasteiger partial charge in [0, 0.05) is 16.4 Å². The van der Waals surface area contributed by atoms with E-state index in [1.54, 1.807) is 0 Å². The zero-order valence-corrected chi connectivity index (χ0v) is 11.6. The molecule has 0 aliphatic carbocycles. The lowest BCUT2D eigenvalue weighted by molar-refractivity contribution is 0.685. The van der Waals surface area contributed by atoms with Crippen molar-refractivity contribution >= 4 is 44.2 Å². The lowest BCUT2D eigenvalue weighted by atomic mass is 10.2. The molecule has 2 aromatic rings. The Hall–Kier alpha value is -0.560. The summed E-state index contributed by atoms with van der Waals surface area (Å²) >= 11 is 5.73. The van der Waals surface area contributed by atoms with Gasteiger partial charge in [-0.05, 0) is 40.3 Å². The number of aromatic nitrogens is 2. The molecule has 0 amide bonds. The van der Waals surface area contributed by atoms with Crippen LogP contribution in [0.1, 0.15) is 5.56 Å². The van der Waals surface area contributed by atoms with E-state index in [0.717, 1.165) is 20.3 Å². The molecular formula is C10H9BrIN3. The van der Waals surface area contributed by atoms with Crippen LogP contribution in [0.25, 0.3) is 0 Å². The summed E-state index contributed by atoms with van der Waals surface area (Å²) in [5.41, 5.74) is 7.61. The summed E-state index contributed by atoms with van der Waals surface area (Å²) < 4.78 is 4.06. The summed E-state index contributed by atoms with van der Waals surface area (Å²) in [6.45, 7) is 0.754. The molecule has 0 atom stereocenters. The summed E-state index contributed by atoms with van der Waals surface area (Å²) in [6.07, 6.45) is 3.84. The Morgan fingerprint density at radius 1 is 1.47 bits per heavy atom. The predicted molar refractivity (Wildman–Crippen MR) is 72.6 cm³/mol. The Labute approximate surface area is 110 Å². The Morgan fingerprint density at radius 2 is 2.27 bits per heavy atom. The van der Waals surface area contributed by atoms with E-state index < -0.39 is 0 Å². The molecule has 78 valence electrons. The highest BCUT2D eigenvalue weighted by molar-refractivity contribution is 14.1. The lowest BCUT2D eigenvalue weighted by Gasteiger charge is -2.05. The standard InChI is InChI=1S/C10H9BrIN3/c11-10-3-9(13)2-1-7(10)5-15-6-8(12)4-14-15/h1-4,6H,5,13H2. The number of hydrogen-bond donors (Lipinski definition) is 1. The predicted octanol–water partition coefficient (Wildman–Crippen LogP) is 2.88. The van der Waals surface area contributed by atoms with Crippen molar-refractivity contribution in [1.82, 2.24) is 9.78 Å². The summed E-state index contributed by atoms with van der Waals surface area (Å²) in [4.78, 5) is 0. The SMILES string of the molecule is Nc1ccc(Cn2cc(I)cn2)c(Br)c1. The van der Waals surface area contributed by atoms with Crippen LogP contribution in [-0.4, -0.2) is 9.78 Å². The molecule has 2 rings (SSSR count). The van der Waals surface area contributed by atoms with Gasteiger partial charge in [0.25, 0.3) is 0 Å². The molecule has 0 bridgehead atoms. The van der Waals surface area contributed by atoms with Crippen LogP contribution in [0.15, 0.2) is 35.1 Å². The molecule has 1 heterocycles. The summed E-state index contributed by atoms with van der Waals surface area (Å²) in [5, 5.41) is 4.23. The van der Waals surface area contributed by atoms with Gasteiger partial charge in [-0.2, -0.15) is 5.10 Å². The average molecular weight is 378 g/mol. The maximum atomic E-state index is 5.67. The second-order valence-corrected chi connectivity index (χ2v) is 5.31. The van der Waals surface area contributed by atoms with E-state index in [-0.39, 0.29) is 0 Å². The molecule has 15 heavy (non-hydrogen) atoms. The lowest BCUT2D eigenvalue weighted by Crippen LogP contribution is -2.01. The normalized spacial score (nSPS) is 10.5. The van der Waals surface area contributed by atoms with Gasteiger partial charge in [-0.25, -0.2) is 0 Å². The molecule has 0 radical (unpaired) electrons. The van der Waals surface area contributed by atoms with E-state index in [2.05, 4.69) is 43.6 Å². The van der Waals surface area contributed by atoms with Gasteiger partial charge >= 0.3 is 0 Å². The van der Waals surface area contributed by atoms with E-state index in [1.807, 2.05) is 35.3 Å². The maximum Gasteiger partial charge on any atom is 0.0670 e. The van der Waals surface area contributed by atoms with Gasteiger partial charge in [-0.3, -0.25) is 4.68 Å². The number of benzene rings is 1. The van der Waals surface area contributed by atoms with E-state index >= 15 is 0 Å². The number of nitrogen functional groups attached to an aromatic ring is 1. The number of nitrogens with zero attached hydrogens (tertiary/aromatic N) is 2. The Kier molecular flexibility index (Phi) is 3.30. The highest BCUT2D eigenvalue weighted by Crippen LogP contribution is 2.20. The van der Waals surface area contributed by atoms with E-state index in [0.29, 0.717) is 0 Å². The molecule has 0 unspecified atom stereocenters. The fraction of sp³-hybridized carbons (Fsp3) is 0.100. The second-order valence-electron chi connectivity index (χ2n) is 3.21. The van der Waals surface area contributed by atoms with E-state index in [9.17, 15) is 0 Å². The zero-order chi connectivity index (χ0) is 10.8. The van der Waals surface area contributed by atoms with E-state index in [1.165, 1.54) is 5.56 Å². The van der Waals surface area contributed by atoms with Crippen LogP contribution in [0.2, 0.25) is 0 Å². The number of hydrogen-bond acceptors (Lipinski definition) is 2. The molecule has 1 aromatic carbocycles. The van der Waals surface area contributed by atoms with Crippen molar-refractivity contribution in [2.24, 2.45) is 0 Å². The first-order valence-corrected chi connectivity index (χ1v) is 6.24. The monoisotopic (exact) mass is 377 g/mol. The van der Waals surface area contributed by atoms with Crippen molar-refractivity contribution in [1.29, 1.82) is 0 Å². The highest BCUT2D eigenvalue weighted by Gasteiger charge is 2.02. The summed E-state index contributed by atoms with van der Waals surface area (Å²) in [6, 6.07) is 5.81. The largest absolute Gasteiger partial charge is 0.399 e. The molecule has 0 saturated heterocycles. The Bertz CT molecular complexity index is 481. The van der Waals surface area contributed by atoms with Crippen molar-refractivity contribution in [3.63, 3.8) is 0 Å². The van der Waals surface area contributed by atoms with Crippen molar-refractivity contribution in [2.45, 2.75) is 6.54 Å². The summed E-state index contributed by atoms with van der Waals surface area (Å²) in [7, 11) is 0. The van der Waals surface area contributed by atoms with Crippen molar-refractivity contribution in [3.8, 4) is 0 Å². The maximum absolute atomic E-state index is 5.67. The van der Waals surface area contributed by atoms with Crippen molar-refractivity contribution in [3.05, 3.63) is 44.2 Å². The first-order valence-electron chi connectivity index (χ1n) is 4.37. The van der Waals surface area contributed by atoms with Crippen LogP contribution in [0, 0.1) is 3.57 Å². The summed E-state index contributed by atoms with van der Waals surface area (Å²) in [5.74, 6) is 0. The highest BCUT2D eigenvalue weighted by atomic mass is 127. The smallest absolute Gasteiger partial charge is 0.0670 e. The van der Waals surface area contributed by atoms with Crippen LogP contribution in [0.4, 0.5) is 5.69 Å². The Morgan fingerprint density at radius 3 is 2.87 bits per heavy atom. The van der Waals surface area contributed by atoms with Crippen LogP contribution >= 0.6 is 38.5 Å². The molecule has 3 nitrogen and oxygen atoms in total. The number of nitrogens with two attached hydrogens (primary N) is 1. The molecular weight excluding hydrogens is 369 g/mol. The van der Waals surface area contributed by atoms with Gasteiger partial charge in [-0.1, -0.05) is 22.0 Å². The van der Waals surface area contributed by atoms with Gasteiger partial charge in [0.2, 0.25) is 0 Å². The third kappa shape index (κ3) is 2.72. The van der Waals surface area contributed by atoms with Crippen LogP contribution in [-0.2, 0) is 6.54 Å². The number of halogens is 2.